The van der Waals surface area contributed by atoms with E-state index in [2.05, 4.69) is 0 Å². The van der Waals surface area contributed by atoms with Crippen LogP contribution in [0.5, 0.6) is 0 Å². The second-order valence-corrected chi connectivity index (χ2v) is 4.11. The Balaban J connectivity index is 3.41. The Bertz CT molecular complexity index is 419. The molecule has 1 aromatic rings. The molecule has 1 rings (SSSR count). The van der Waals surface area contributed by atoms with Crippen molar-refractivity contribution in [2.75, 3.05) is 0 Å². The van der Waals surface area contributed by atoms with E-state index in [-0.39, 0.29) is 6.07 Å². The van der Waals surface area contributed by atoms with Gasteiger partial charge in [0.05, 0.1) is 23.3 Å². The van der Waals surface area contributed by atoms with E-state index < -0.39 is 41.2 Å². The minimum Gasteiger partial charge on any atom is -0.391 e. The zero-order valence-electron chi connectivity index (χ0n) is 9.68. The maximum atomic E-state index is 12.5. The van der Waals surface area contributed by atoms with Crippen molar-refractivity contribution < 1.29 is 31.4 Å². The molecule has 0 aliphatic heterocycles. The number of alkyl halides is 6. The highest BCUT2D eigenvalue weighted by Gasteiger charge is 2.37. The fourth-order valence-electron chi connectivity index (χ4n) is 1.45. The first-order valence-corrected chi connectivity index (χ1v) is 5.16. The Morgan fingerprint density at radius 2 is 1.32 bits per heavy atom. The van der Waals surface area contributed by atoms with Gasteiger partial charge < -0.3 is 10.8 Å². The third kappa shape index (κ3) is 3.84. The molecule has 0 aliphatic carbocycles. The standard InChI is InChI=1S/C11H11F6NO/c1-5(19)9(18)6-2-7(10(12,13)14)4-8(3-6)11(15,16)17/h2-5,9,19H,18H2,1H3. The average molecular weight is 287 g/mol. The molecular formula is C11H11F6NO. The Kier molecular flexibility index (Phi) is 4.16. The molecule has 0 aromatic heterocycles. The van der Waals surface area contributed by atoms with Gasteiger partial charge in [0, 0.05) is 0 Å². The Morgan fingerprint density at radius 3 is 1.58 bits per heavy atom. The highest BCUT2D eigenvalue weighted by molar-refractivity contribution is 5.35. The van der Waals surface area contributed by atoms with Gasteiger partial charge in [-0.2, -0.15) is 26.3 Å². The van der Waals surface area contributed by atoms with E-state index in [0.717, 1.165) is 0 Å². The molecule has 19 heavy (non-hydrogen) atoms. The molecule has 2 atom stereocenters. The van der Waals surface area contributed by atoms with Crippen molar-refractivity contribution in [3.05, 3.63) is 34.9 Å². The van der Waals surface area contributed by atoms with E-state index in [4.69, 9.17) is 5.73 Å². The molecule has 0 heterocycles. The molecule has 1 aromatic carbocycles. The summed E-state index contributed by atoms with van der Waals surface area (Å²) in [7, 11) is 0. The highest BCUT2D eigenvalue weighted by Crippen LogP contribution is 2.37. The molecule has 2 unspecified atom stereocenters. The molecule has 0 saturated carbocycles. The Morgan fingerprint density at radius 1 is 0.947 bits per heavy atom. The lowest BCUT2D eigenvalue weighted by Crippen LogP contribution is -2.24. The summed E-state index contributed by atoms with van der Waals surface area (Å²) in [5.41, 5.74) is 2.06. The quantitative estimate of drug-likeness (QED) is 0.821. The summed E-state index contributed by atoms with van der Waals surface area (Å²) >= 11 is 0. The number of aliphatic hydroxyl groups is 1. The summed E-state index contributed by atoms with van der Waals surface area (Å²) in [6.07, 6.45) is -11.1. The Hall–Kier alpha value is -1.28. The van der Waals surface area contributed by atoms with Crippen molar-refractivity contribution >= 4 is 0 Å². The predicted octanol–water partition coefficient (Wildman–Crippen LogP) is 3.10. The Labute approximate surface area is 104 Å². The summed E-state index contributed by atoms with van der Waals surface area (Å²) in [6.45, 7) is 1.18. The summed E-state index contributed by atoms with van der Waals surface area (Å²) in [5, 5.41) is 9.17. The van der Waals surface area contributed by atoms with E-state index in [1.165, 1.54) is 6.92 Å². The minimum absolute atomic E-state index is 0.0122. The second kappa shape index (κ2) is 5.01. The van der Waals surface area contributed by atoms with E-state index in [1.54, 1.807) is 0 Å². The first-order valence-electron chi connectivity index (χ1n) is 5.16. The van der Waals surface area contributed by atoms with Crippen LogP contribution in [0.2, 0.25) is 0 Å². The van der Waals surface area contributed by atoms with Crippen molar-refractivity contribution in [2.24, 2.45) is 5.73 Å². The molecule has 0 amide bonds. The first kappa shape index (κ1) is 15.8. The van der Waals surface area contributed by atoms with Crippen LogP contribution in [0.1, 0.15) is 29.7 Å². The van der Waals surface area contributed by atoms with Gasteiger partial charge in [-0.3, -0.25) is 0 Å². The van der Waals surface area contributed by atoms with Gasteiger partial charge in [-0.1, -0.05) is 0 Å². The van der Waals surface area contributed by atoms with Crippen molar-refractivity contribution in [3.8, 4) is 0 Å². The molecule has 0 spiro atoms. The monoisotopic (exact) mass is 287 g/mol. The number of aliphatic hydroxyl groups excluding tert-OH is 1. The molecule has 0 aliphatic rings. The summed E-state index contributed by atoms with van der Waals surface area (Å²) in [4.78, 5) is 0. The van der Waals surface area contributed by atoms with Gasteiger partial charge in [0.15, 0.2) is 0 Å². The van der Waals surface area contributed by atoms with Crippen LogP contribution >= 0.6 is 0 Å². The third-order valence-corrected chi connectivity index (χ3v) is 2.51. The molecule has 108 valence electrons. The van der Waals surface area contributed by atoms with E-state index in [9.17, 15) is 31.4 Å². The molecule has 8 heteroatoms. The number of benzene rings is 1. The van der Waals surface area contributed by atoms with Crippen molar-refractivity contribution in [2.45, 2.75) is 31.4 Å². The van der Waals surface area contributed by atoms with E-state index in [1.807, 2.05) is 0 Å². The topological polar surface area (TPSA) is 46.2 Å². The molecule has 0 bridgehead atoms. The van der Waals surface area contributed by atoms with Gasteiger partial charge in [0.2, 0.25) is 0 Å². The molecule has 0 radical (unpaired) electrons. The molecule has 0 saturated heterocycles. The number of rotatable bonds is 2. The fraction of sp³-hybridized carbons (Fsp3) is 0.455. The largest absolute Gasteiger partial charge is 0.416 e. The van der Waals surface area contributed by atoms with Crippen molar-refractivity contribution in [1.82, 2.24) is 0 Å². The maximum Gasteiger partial charge on any atom is 0.416 e. The van der Waals surface area contributed by atoms with Gasteiger partial charge in [-0.15, -0.1) is 0 Å². The molecule has 0 fully saturated rings. The third-order valence-electron chi connectivity index (χ3n) is 2.51. The zero-order valence-corrected chi connectivity index (χ0v) is 9.68. The van der Waals surface area contributed by atoms with Crippen LogP contribution in [0.4, 0.5) is 26.3 Å². The lowest BCUT2D eigenvalue weighted by molar-refractivity contribution is -0.143. The van der Waals surface area contributed by atoms with Crippen molar-refractivity contribution in [3.63, 3.8) is 0 Å². The number of nitrogens with two attached hydrogens (primary N) is 1. The normalized spacial score (nSPS) is 16.3. The number of halogens is 6. The van der Waals surface area contributed by atoms with Gasteiger partial charge >= 0.3 is 12.4 Å². The lowest BCUT2D eigenvalue weighted by atomic mass is 9.97. The van der Waals surface area contributed by atoms with Gasteiger partial charge in [-0.25, -0.2) is 0 Å². The molecular weight excluding hydrogens is 276 g/mol. The molecule has 2 nitrogen and oxygen atoms in total. The lowest BCUT2D eigenvalue weighted by Gasteiger charge is -2.19. The van der Waals surface area contributed by atoms with Crippen LogP contribution in [-0.2, 0) is 12.4 Å². The SMILES string of the molecule is CC(O)C(N)c1cc(C(F)(F)F)cc(C(F)(F)F)c1. The van der Waals surface area contributed by atoms with Crippen LogP contribution in [0.25, 0.3) is 0 Å². The zero-order chi connectivity index (χ0) is 15.0. The number of hydrogen-bond acceptors (Lipinski definition) is 2. The van der Waals surface area contributed by atoms with Gasteiger partial charge in [0.1, 0.15) is 0 Å². The van der Waals surface area contributed by atoms with Crippen LogP contribution in [-0.4, -0.2) is 11.2 Å². The van der Waals surface area contributed by atoms with Gasteiger partial charge in [0.25, 0.3) is 0 Å². The summed E-state index contributed by atoms with van der Waals surface area (Å²) in [6, 6.07) is -0.305. The van der Waals surface area contributed by atoms with Crippen molar-refractivity contribution in [1.29, 1.82) is 0 Å². The van der Waals surface area contributed by atoms with Crippen LogP contribution in [0.3, 0.4) is 0 Å². The van der Waals surface area contributed by atoms with Crippen LogP contribution in [0, 0.1) is 0 Å². The number of hydrogen-bond donors (Lipinski definition) is 2. The molecule has 3 N–H and O–H groups in total. The van der Waals surface area contributed by atoms with Crippen LogP contribution in [0.15, 0.2) is 18.2 Å². The van der Waals surface area contributed by atoms with E-state index in [0.29, 0.717) is 12.1 Å². The predicted molar refractivity (Wildman–Crippen MR) is 55.1 cm³/mol. The van der Waals surface area contributed by atoms with Crippen LogP contribution < -0.4 is 5.73 Å². The summed E-state index contributed by atoms with van der Waals surface area (Å²) in [5.74, 6) is 0. The maximum absolute atomic E-state index is 12.5. The summed E-state index contributed by atoms with van der Waals surface area (Å²) < 4.78 is 75.2. The van der Waals surface area contributed by atoms with Gasteiger partial charge in [-0.05, 0) is 30.7 Å². The minimum atomic E-state index is -4.92. The van der Waals surface area contributed by atoms with E-state index >= 15 is 0 Å². The fourth-order valence-corrected chi connectivity index (χ4v) is 1.45. The second-order valence-electron chi connectivity index (χ2n) is 4.11. The average Bonchev–Trinajstić information content (AvgIpc) is 2.24. The highest BCUT2D eigenvalue weighted by atomic mass is 19.4. The smallest absolute Gasteiger partial charge is 0.391 e. The first-order chi connectivity index (χ1) is 8.43.